The Labute approximate surface area is 134 Å². The van der Waals surface area contributed by atoms with Gasteiger partial charge in [-0.2, -0.15) is 5.10 Å². The largest absolute Gasteiger partial charge is 0.369 e. The van der Waals surface area contributed by atoms with Gasteiger partial charge in [-0.3, -0.25) is 4.68 Å². The molecule has 21 heavy (non-hydrogen) atoms. The van der Waals surface area contributed by atoms with Gasteiger partial charge in [-0.1, -0.05) is 20.8 Å². The standard InChI is InChI=1S/C15H22BrN5/c1-4-7-17-15-13(16)12(6-3)19-14(20-15)11-9-18-21(10-11)8-5-2/h9-10H,4-8H2,1-3H3,(H,17,19,20). The van der Waals surface area contributed by atoms with Crippen LogP contribution in [-0.2, 0) is 13.0 Å². The highest BCUT2D eigenvalue weighted by Gasteiger charge is 2.13. The summed E-state index contributed by atoms with van der Waals surface area (Å²) in [6.07, 6.45) is 6.82. The van der Waals surface area contributed by atoms with Crippen molar-refractivity contribution < 1.29 is 0 Å². The quantitative estimate of drug-likeness (QED) is 0.821. The first-order valence-electron chi connectivity index (χ1n) is 7.52. The molecule has 0 aliphatic heterocycles. The van der Waals surface area contributed by atoms with Crippen LogP contribution in [0.5, 0.6) is 0 Å². The van der Waals surface area contributed by atoms with Crippen LogP contribution in [-0.4, -0.2) is 26.3 Å². The van der Waals surface area contributed by atoms with Crippen molar-refractivity contribution in [1.82, 2.24) is 19.7 Å². The van der Waals surface area contributed by atoms with Gasteiger partial charge in [0.25, 0.3) is 0 Å². The molecule has 0 unspecified atom stereocenters. The number of aromatic nitrogens is 4. The third-order valence-electron chi connectivity index (χ3n) is 3.14. The number of halogens is 1. The first-order valence-corrected chi connectivity index (χ1v) is 8.31. The van der Waals surface area contributed by atoms with Gasteiger partial charge >= 0.3 is 0 Å². The summed E-state index contributed by atoms with van der Waals surface area (Å²) >= 11 is 3.60. The van der Waals surface area contributed by atoms with Gasteiger partial charge in [-0.05, 0) is 35.2 Å². The summed E-state index contributed by atoms with van der Waals surface area (Å²) in [6.45, 7) is 8.18. The van der Waals surface area contributed by atoms with Gasteiger partial charge in [0.05, 0.1) is 21.9 Å². The van der Waals surface area contributed by atoms with Crippen LogP contribution in [0.25, 0.3) is 11.4 Å². The zero-order valence-electron chi connectivity index (χ0n) is 12.9. The van der Waals surface area contributed by atoms with Crippen LogP contribution >= 0.6 is 15.9 Å². The Kier molecular flexibility index (Phi) is 5.73. The van der Waals surface area contributed by atoms with Crippen LogP contribution in [0.2, 0.25) is 0 Å². The molecule has 5 nitrogen and oxygen atoms in total. The summed E-state index contributed by atoms with van der Waals surface area (Å²) < 4.78 is 2.90. The Balaban J connectivity index is 2.37. The molecular formula is C15H22BrN5. The lowest BCUT2D eigenvalue weighted by molar-refractivity contribution is 0.603. The maximum Gasteiger partial charge on any atom is 0.165 e. The van der Waals surface area contributed by atoms with E-state index < -0.39 is 0 Å². The Morgan fingerprint density at radius 3 is 2.67 bits per heavy atom. The number of hydrogen-bond donors (Lipinski definition) is 1. The van der Waals surface area contributed by atoms with E-state index in [2.05, 4.69) is 57.1 Å². The Bertz CT molecular complexity index is 594. The maximum absolute atomic E-state index is 4.65. The van der Waals surface area contributed by atoms with Gasteiger partial charge in [0.2, 0.25) is 0 Å². The average Bonchev–Trinajstić information content (AvgIpc) is 2.95. The van der Waals surface area contributed by atoms with E-state index in [0.717, 1.165) is 59.7 Å². The van der Waals surface area contributed by atoms with Crippen molar-refractivity contribution in [2.75, 3.05) is 11.9 Å². The van der Waals surface area contributed by atoms with Crippen molar-refractivity contribution in [2.45, 2.75) is 46.6 Å². The second-order valence-corrected chi connectivity index (χ2v) is 5.72. The molecule has 0 amide bonds. The molecule has 0 fully saturated rings. The van der Waals surface area contributed by atoms with Crippen LogP contribution in [0, 0.1) is 0 Å². The number of aryl methyl sites for hydroxylation is 2. The van der Waals surface area contributed by atoms with E-state index in [4.69, 9.17) is 0 Å². The van der Waals surface area contributed by atoms with E-state index >= 15 is 0 Å². The maximum atomic E-state index is 4.65. The summed E-state index contributed by atoms with van der Waals surface area (Å²) in [7, 11) is 0. The number of hydrogen-bond acceptors (Lipinski definition) is 4. The van der Waals surface area contributed by atoms with Crippen molar-refractivity contribution >= 4 is 21.7 Å². The highest BCUT2D eigenvalue weighted by molar-refractivity contribution is 9.10. The molecule has 2 rings (SSSR count). The number of nitrogens with one attached hydrogen (secondary N) is 1. The molecule has 0 atom stereocenters. The van der Waals surface area contributed by atoms with Gasteiger partial charge in [0.1, 0.15) is 5.82 Å². The Morgan fingerprint density at radius 2 is 2.00 bits per heavy atom. The van der Waals surface area contributed by atoms with Crippen LogP contribution in [0.15, 0.2) is 16.9 Å². The molecule has 0 saturated heterocycles. The molecule has 2 aromatic heterocycles. The summed E-state index contributed by atoms with van der Waals surface area (Å²) in [5, 5.41) is 7.71. The normalized spacial score (nSPS) is 10.9. The van der Waals surface area contributed by atoms with Gasteiger partial charge < -0.3 is 5.32 Å². The van der Waals surface area contributed by atoms with Crippen molar-refractivity contribution in [3.8, 4) is 11.4 Å². The predicted octanol–water partition coefficient (Wildman–Crippen LogP) is 3.90. The van der Waals surface area contributed by atoms with E-state index in [9.17, 15) is 0 Å². The molecule has 2 aromatic rings. The molecule has 0 radical (unpaired) electrons. The topological polar surface area (TPSA) is 55.6 Å². The minimum atomic E-state index is 0.732. The zero-order chi connectivity index (χ0) is 15.2. The highest BCUT2D eigenvalue weighted by atomic mass is 79.9. The molecule has 0 spiro atoms. The molecule has 0 aromatic carbocycles. The van der Waals surface area contributed by atoms with Gasteiger partial charge in [-0.25, -0.2) is 9.97 Å². The number of nitrogens with zero attached hydrogens (tertiary/aromatic N) is 4. The van der Waals surface area contributed by atoms with E-state index in [1.54, 1.807) is 0 Å². The lowest BCUT2D eigenvalue weighted by Gasteiger charge is -2.11. The highest BCUT2D eigenvalue weighted by Crippen LogP contribution is 2.27. The lowest BCUT2D eigenvalue weighted by Crippen LogP contribution is -2.07. The van der Waals surface area contributed by atoms with E-state index in [1.165, 1.54) is 0 Å². The third kappa shape index (κ3) is 3.81. The minimum absolute atomic E-state index is 0.732. The average molecular weight is 352 g/mol. The van der Waals surface area contributed by atoms with E-state index in [1.807, 2.05) is 17.1 Å². The van der Waals surface area contributed by atoms with Gasteiger partial charge in [0.15, 0.2) is 5.82 Å². The molecule has 2 heterocycles. The second kappa shape index (κ2) is 7.54. The van der Waals surface area contributed by atoms with E-state index in [-0.39, 0.29) is 0 Å². The number of anilines is 1. The molecule has 0 aliphatic rings. The molecule has 0 bridgehead atoms. The monoisotopic (exact) mass is 351 g/mol. The lowest BCUT2D eigenvalue weighted by atomic mass is 10.2. The van der Waals surface area contributed by atoms with Crippen LogP contribution < -0.4 is 5.32 Å². The summed E-state index contributed by atoms with van der Waals surface area (Å²) in [6, 6.07) is 0. The van der Waals surface area contributed by atoms with Gasteiger partial charge in [-0.15, -0.1) is 0 Å². The van der Waals surface area contributed by atoms with Crippen LogP contribution in [0.4, 0.5) is 5.82 Å². The molecule has 0 aliphatic carbocycles. The fourth-order valence-electron chi connectivity index (χ4n) is 2.05. The predicted molar refractivity (Wildman–Crippen MR) is 89.4 cm³/mol. The molecule has 0 saturated carbocycles. The second-order valence-electron chi connectivity index (χ2n) is 4.93. The Hall–Kier alpha value is -1.43. The third-order valence-corrected chi connectivity index (χ3v) is 3.97. The molecular weight excluding hydrogens is 330 g/mol. The minimum Gasteiger partial charge on any atom is -0.369 e. The van der Waals surface area contributed by atoms with Crippen molar-refractivity contribution in [1.29, 1.82) is 0 Å². The molecule has 114 valence electrons. The van der Waals surface area contributed by atoms with E-state index in [0.29, 0.717) is 0 Å². The first kappa shape index (κ1) is 15.9. The zero-order valence-corrected chi connectivity index (χ0v) is 14.4. The van der Waals surface area contributed by atoms with Crippen molar-refractivity contribution in [3.63, 3.8) is 0 Å². The van der Waals surface area contributed by atoms with Gasteiger partial charge in [0, 0.05) is 19.3 Å². The SMILES string of the molecule is CCCNc1nc(-c2cnn(CCC)c2)nc(CC)c1Br. The Morgan fingerprint density at radius 1 is 1.19 bits per heavy atom. The van der Waals surface area contributed by atoms with Crippen molar-refractivity contribution in [2.24, 2.45) is 0 Å². The first-order chi connectivity index (χ1) is 10.2. The van der Waals surface area contributed by atoms with Crippen LogP contribution in [0.3, 0.4) is 0 Å². The summed E-state index contributed by atoms with van der Waals surface area (Å²) in [4.78, 5) is 9.29. The number of rotatable bonds is 7. The summed E-state index contributed by atoms with van der Waals surface area (Å²) in [5.74, 6) is 1.60. The summed E-state index contributed by atoms with van der Waals surface area (Å²) in [5.41, 5.74) is 1.98. The van der Waals surface area contributed by atoms with Crippen molar-refractivity contribution in [3.05, 3.63) is 22.6 Å². The fourth-order valence-corrected chi connectivity index (χ4v) is 2.65. The fraction of sp³-hybridized carbons (Fsp3) is 0.533. The molecule has 6 heteroatoms. The van der Waals surface area contributed by atoms with Crippen LogP contribution in [0.1, 0.15) is 39.3 Å². The smallest absolute Gasteiger partial charge is 0.165 e. The molecule has 1 N–H and O–H groups in total.